The van der Waals surface area contributed by atoms with Gasteiger partial charge in [-0.1, -0.05) is 6.42 Å². The number of halogens is 4. The number of alkyl halides is 3. The van der Waals surface area contributed by atoms with Crippen LogP contribution in [0.5, 0.6) is 0 Å². The second-order valence-electron chi connectivity index (χ2n) is 11.3. The van der Waals surface area contributed by atoms with Crippen LogP contribution in [0.25, 0.3) is 21.8 Å². The fourth-order valence-electron chi connectivity index (χ4n) is 5.44. The molecule has 1 aliphatic rings. The molecule has 0 spiro atoms. The van der Waals surface area contributed by atoms with Crippen LogP contribution in [-0.4, -0.2) is 72.6 Å². The molecule has 16 heteroatoms. The van der Waals surface area contributed by atoms with E-state index in [0.717, 1.165) is 37.5 Å². The number of β-amino-alcohol motifs (C(OH)–C–C–N with tert-alkyl or cyclic N) is 1. The van der Waals surface area contributed by atoms with Crippen molar-refractivity contribution in [2.75, 3.05) is 13.1 Å². The molecule has 1 fully saturated rings. The van der Waals surface area contributed by atoms with Crippen molar-refractivity contribution < 1.29 is 44.1 Å². The molecule has 46 heavy (non-hydrogen) atoms. The number of aliphatic hydroxyl groups excluding tert-OH is 1. The number of aliphatic hydroxyl groups is 1. The highest BCUT2D eigenvalue weighted by atomic mass is 32.2. The maximum absolute atomic E-state index is 13.2. The van der Waals surface area contributed by atoms with Crippen LogP contribution in [0, 0.1) is 12.7 Å². The minimum atomic E-state index is -4.71. The van der Waals surface area contributed by atoms with Gasteiger partial charge in [-0.3, -0.25) is 19.4 Å². The van der Waals surface area contributed by atoms with Crippen LogP contribution in [0.3, 0.4) is 0 Å². The summed E-state index contributed by atoms with van der Waals surface area (Å²) in [5.41, 5.74) is -0.318. The van der Waals surface area contributed by atoms with Crippen LogP contribution in [0.2, 0.25) is 0 Å². The Morgan fingerprint density at radius 3 is 2.26 bits per heavy atom. The Kier molecular flexibility index (Phi) is 10.7. The van der Waals surface area contributed by atoms with Gasteiger partial charge in [0, 0.05) is 53.9 Å². The number of benzene rings is 2. The van der Waals surface area contributed by atoms with E-state index < -0.39 is 53.6 Å². The normalized spacial score (nSPS) is 18.7. The SMILES string of the molecule is C[C@@H]1CCC[C@H](C)N1C[C@@H](O)CNS(=O)(=O)c1cc(C(F)(F)F)cc2ncccc12.Cc1ccc2c(S(=O)(=O)O)cc(F)cc2n1. The van der Waals surface area contributed by atoms with Gasteiger partial charge in [0.05, 0.1) is 27.6 Å². The first-order chi connectivity index (χ1) is 21.4. The molecular weight excluding hydrogens is 652 g/mol. The first-order valence-corrected chi connectivity index (χ1v) is 17.2. The Balaban J connectivity index is 0.000000252. The molecule has 0 amide bonds. The van der Waals surface area contributed by atoms with Crippen molar-refractivity contribution in [3.8, 4) is 0 Å². The van der Waals surface area contributed by atoms with Gasteiger partial charge < -0.3 is 5.11 Å². The molecule has 1 saturated heterocycles. The summed E-state index contributed by atoms with van der Waals surface area (Å²) in [6.07, 6.45) is -1.28. The number of aromatic nitrogens is 2. The number of pyridine rings is 2. The molecule has 0 bridgehead atoms. The molecule has 3 atom stereocenters. The van der Waals surface area contributed by atoms with Crippen molar-refractivity contribution in [2.24, 2.45) is 0 Å². The predicted molar refractivity (Wildman–Crippen MR) is 164 cm³/mol. The van der Waals surface area contributed by atoms with Crippen molar-refractivity contribution in [3.05, 3.63) is 71.8 Å². The fraction of sp³-hybridized carbons (Fsp3) is 0.400. The van der Waals surface area contributed by atoms with Crippen molar-refractivity contribution in [2.45, 2.75) is 74.2 Å². The highest BCUT2D eigenvalue weighted by Gasteiger charge is 2.34. The van der Waals surface area contributed by atoms with E-state index in [-0.39, 0.29) is 47.0 Å². The summed E-state index contributed by atoms with van der Waals surface area (Å²) in [4.78, 5) is 9.03. The van der Waals surface area contributed by atoms with Gasteiger partial charge in [0.15, 0.2) is 0 Å². The molecule has 5 rings (SSSR count). The zero-order valence-corrected chi connectivity index (χ0v) is 26.8. The van der Waals surface area contributed by atoms with Crippen LogP contribution in [0.1, 0.15) is 44.4 Å². The van der Waals surface area contributed by atoms with Gasteiger partial charge in [0.2, 0.25) is 10.0 Å². The lowest BCUT2D eigenvalue weighted by atomic mass is 9.97. The minimum absolute atomic E-state index is 0.0655. The predicted octanol–water partition coefficient (Wildman–Crippen LogP) is 5.08. The van der Waals surface area contributed by atoms with Crippen molar-refractivity contribution in [3.63, 3.8) is 0 Å². The Bertz CT molecular complexity index is 1930. The smallest absolute Gasteiger partial charge is 0.390 e. The van der Waals surface area contributed by atoms with E-state index in [1.165, 1.54) is 24.4 Å². The Morgan fingerprint density at radius 1 is 0.978 bits per heavy atom. The molecule has 2 aromatic carbocycles. The maximum Gasteiger partial charge on any atom is 0.416 e. The van der Waals surface area contributed by atoms with Crippen molar-refractivity contribution in [1.82, 2.24) is 19.6 Å². The molecule has 1 aliphatic heterocycles. The molecule has 0 unspecified atom stereocenters. The third-order valence-electron chi connectivity index (χ3n) is 7.76. The number of piperidine rings is 1. The van der Waals surface area contributed by atoms with Crippen LogP contribution in [0.15, 0.2) is 64.5 Å². The van der Waals surface area contributed by atoms with E-state index in [1.807, 2.05) is 0 Å². The molecular formula is C30H34F4N4O6S2. The number of hydrogen-bond acceptors (Lipinski definition) is 8. The standard InChI is InChI=1S/C20H26F3N3O3S.C10H8FNO3S/c1-13-5-3-6-14(2)26(13)12-16(27)11-25-30(28,29)19-10-15(20(21,22)23)9-18-17(19)7-4-8-24-18;1-6-2-3-8-9(12-6)4-7(11)5-10(8)16(13,14)15/h4,7-10,13-14,16,25,27H,3,5-6,11-12H2,1-2H3;2-5H,1H3,(H,13,14,15)/t13-,14+,16-;/m0./s1. The highest BCUT2D eigenvalue weighted by Crippen LogP contribution is 2.34. The lowest BCUT2D eigenvalue weighted by Gasteiger charge is -2.40. The Hall–Kier alpha value is -3.28. The number of sulfonamides is 1. The van der Waals surface area contributed by atoms with Gasteiger partial charge in [-0.2, -0.15) is 21.6 Å². The summed E-state index contributed by atoms with van der Waals surface area (Å²) >= 11 is 0. The molecule has 4 aromatic rings. The summed E-state index contributed by atoms with van der Waals surface area (Å²) in [7, 11) is -8.75. The number of fused-ring (bicyclic) bond motifs is 2. The van der Waals surface area contributed by atoms with Crippen LogP contribution >= 0.6 is 0 Å². The molecule has 0 aliphatic carbocycles. The molecule has 10 nitrogen and oxygen atoms in total. The summed E-state index contributed by atoms with van der Waals surface area (Å²) in [6, 6.07) is 9.82. The average Bonchev–Trinajstić information content (AvgIpc) is 2.96. The molecule has 2 aromatic heterocycles. The van der Waals surface area contributed by atoms with Crippen LogP contribution < -0.4 is 4.72 Å². The van der Waals surface area contributed by atoms with E-state index in [1.54, 1.807) is 13.0 Å². The molecule has 250 valence electrons. The van der Waals surface area contributed by atoms with Crippen LogP contribution in [0.4, 0.5) is 17.6 Å². The molecule has 0 saturated carbocycles. The van der Waals surface area contributed by atoms with E-state index >= 15 is 0 Å². The quantitative estimate of drug-likeness (QED) is 0.179. The Morgan fingerprint density at radius 2 is 1.63 bits per heavy atom. The van der Waals surface area contributed by atoms with E-state index in [9.17, 15) is 39.5 Å². The lowest BCUT2D eigenvalue weighted by Crippen LogP contribution is -2.49. The lowest BCUT2D eigenvalue weighted by molar-refractivity contribution is -0.137. The number of aryl methyl sites for hydroxylation is 1. The minimum Gasteiger partial charge on any atom is -0.390 e. The number of nitrogens with one attached hydrogen (secondary N) is 1. The molecule has 3 heterocycles. The summed E-state index contributed by atoms with van der Waals surface area (Å²) in [5, 5.41) is 10.7. The van der Waals surface area contributed by atoms with Gasteiger partial charge in [-0.15, -0.1) is 0 Å². The number of hydrogen-bond donors (Lipinski definition) is 3. The maximum atomic E-state index is 13.2. The summed E-state index contributed by atoms with van der Waals surface area (Å²) < 4.78 is 112. The van der Waals surface area contributed by atoms with Gasteiger partial charge in [-0.05, 0) is 76.1 Å². The third-order valence-corrected chi connectivity index (χ3v) is 10.1. The van der Waals surface area contributed by atoms with Crippen LogP contribution in [-0.2, 0) is 26.3 Å². The van der Waals surface area contributed by atoms with Gasteiger partial charge in [0.1, 0.15) is 10.7 Å². The van der Waals surface area contributed by atoms with Gasteiger partial charge in [-0.25, -0.2) is 17.5 Å². The number of likely N-dealkylation sites (tertiary alicyclic amines) is 1. The number of rotatable bonds is 7. The fourth-order valence-corrected chi connectivity index (χ4v) is 7.47. The zero-order valence-electron chi connectivity index (χ0n) is 25.2. The first-order valence-electron chi connectivity index (χ1n) is 14.3. The van der Waals surface area contributed by atoms with Crippen molar-refractivity contribution in [1.29, 1.82) is 0 Å². The Labute approximate surface area is 264 Å². The van der Waals surface area contributed by atoms with E-state index in [4.69, 9.17) is 4.55 Å². The highest BCUT2D eigenvalue weighted by molar-refractivity contribution is 7.89. The molecule has 0 radical (unpaired) electrons. The van der Waals surface area contributed by atoms with Crippen molar-refractivity contribution >= 4 is 41.9 Å². The van der Waals surface area contributed by atoms with E-state index in [2.05, 4.69) is 33.4 Å². The zero-order chi connectivity index (χ0) is 34.0. The van der Waals surface area contributed by atoms with Gasteiger partial charge in [0.25, 0.3) is 10.1 Å². The second-order valence-corrected chi connectivity index (χ2v) is 14.4. The third kappa shape index (κ3) is 8.54. The van der Waals surface area contributed by atoms with E-state index in [0.29, 0.717) is 11.8 Å². The summed E-state index contributed by atoms with van der Waals surface area (Å²) in [6.45, 7) is 5.83. The number of nitrogens with zero attached hydrogens (tertiary/aromatic N) is 3. The summed E-state index contributed by atoms with van der Waals surface area (Å²) in [5.74, 6) is -0.752. The first kappa shape index (κ1) is 35.6. The molecule has 3 N–H and O–H groups in total. The monoisotopic (exact) mass is 686 g/mol. The average molecular weight is 687 g/mol. The van der Waals surface area contributed by atoms with Gasteiger partial charge >= 0.3 is 6.18 Å². The largest absolute Gasteiger partial charge is 0.416 e. The topological polar surface area (TPSA) is 150 Å². The second kappa shape index (κ2) is 13.8.